The van der Waals surface area contributed by atoms with Crippen LogP contribution in [0.15, 0.2) is 54.6 Å². The molecule has 0 radical (unpaired) electrons. The molecule has 5 heteroatoms. The summed E-state index contributed by atoms with van der Waals surface area (Å²) in [6.45, 7) is 1.05. The summed E-state index contributed by atoms with van der Waals surface area (Å²) in [6, 6.07) is 16.6. The number of nitrogens with one attached hydrogen (secondary N) is 1. The minimum Gasteiger partial charge on any atom is -0.478 e. The van der Waals surface area contributed by atoms with Crippen LogP contribution in [-0.4, -0.2) is 36.7 Å². The Morgan fingerprint density at radius 1 is 0.917 bits per heavy atom. The Hall–Kier alpha value is -2.66. The number of aromatic carboxylic acids is 1. The topological polar surface area (TPSA) is 75.6 Å². The lowest BCUT2D eigenvalue weighted by Crippen LogP contribution is -2.29. The fourth-order valence-corrected chi connectivity index (χ4v) is 2.21. The van der Waals surface area contributed by atoms with Crippen LogP contribution in [0.3, 0.4) is 0 Å². The number of carboxylic acids is 1. The molecule has 0 spiro atoms. The van der Waals surface area contributed by atoms with Gasteiger partial charge < -0.3 is 15.2 Å². The highest BCUT2D eigenvalue weighted by atomic mass is 16.5. The van der Waals surface area contributed by atoms with E-state index in [1.165, 1.54) is 5.56 Å². The van der Waals surface area contributed by atoms with Crippen LogP contribution in [0, 0.1) is 0 Å². The van der Waals surface area contributed by atoms with Crippen LogP contribution >= 0.6 is 0 Å². The van der Waals surface area contributed by atoms with Gasteiger partial charge in [-0.1, -0.05) is 42.5 Å². The van der Waals surface area contributed by atoms with Crippen LogP contribution in [0.4, 0.5) is 0 Å². The molecule has 0 bridgehead atoms. The number of carbonyl (C=O) groups excluding carboxylic acids is 1. The van der Waals surface area contributed by atoms with E-state index >= 15 is 0 Å². The van der Waals surface area contributed by atoms with E-state index in [9.17, 15) is 9.59 Å². The van der Waals surface area contributed by atoms with Crippen LogP contribution in [-0.2, 0) is 22.4 Å². The zero-order valence-corrected chi connectivity index (χ0v) is 13.4. The first-order valence-corrected chi connectivity index (χ1v) is 7.86. The molecule has 0 heterocycles. The van der Waals surface area contributed by atoms with Crippen LogP contribution in [0.25, 0.3) is 0 Å². The molecule has 2 aromatic rings. The highest BCUT2D eigenvalue weighted by Crippen LogP contribution is 2.04. The molecular formula is C19H21NO4. The molecule has 24 heavy (non-hydrogen) atoms. The van der Waals surface area contributed by atoms with Crippen molar-refractivity contribution >= 4 is 11.9 Å². The molecule has 126 valence electrons. The molecule has 2 N–H and O–H groups in total. The molecule has 0 aromatic heterocycles. The molecule has 0 saturated carbocycles. The molecular weight excluding hydrogens is 306 g/mol. The number of hydrogen-bond acceptors (Lipinski definition) is 3. The zero-order valence-electron chi connectivity index (χ0n) is 13.4. The largest absolute Gasteiger partial charge is 0.478 e. The average Bonchev–Trinajstić information content (AvgIpc) is 2.60. The molecule has 2 aromatic carbocycles. The Morgan fingerprint density at radius 2 is 1.58 bits per heavy atom. The van der Waals surface area contributed by atoms with Crippen LogP contribution in [0.2, 0.25) is 0 Å². The second-order valence-electron chi connectivity index (χ2n) is 5.39. The Labute approximate surface area is 141 Å². The first-order chi connectivity index (χ1) is 11.6. The van der Waals surface area contributed by atoms with E-state index in [0.717, 1.165) is 12.0 Å². The number of carboxylic acid groups (broad SMARTS) is 1. The van der Waals surface area contributed by atoms with E-state index < -0.39 is 5.97 Å². The fourth-order valence-electron chi connectivity index (χ4n) is 2.21. The third kappa shape index (κ3) is 6.22. The molecule has 1 amide bonds. The maximum Gasteiger partial charge on any atom is 0.335 e. The highest BCUT2D eigenvalue weighted by Gasteiger charge is 2.03. The van der Waals surface area contributed by atoms with Gasteiger partial charge in [-0.2, -0.15) is 0 Å². The highest BCUT2D eigenvalue weighted by molar-refractivity contribution is 5.87. The third-order valence-corrected chi connectivity index (χ3v) is 3.55. The minimum absolute atomic E-state index is 0.0464. The molecule has 0 aliphatic carbocycles. The van der Waals surface area contributed by atoms with Crippen LogP contribution < -0.4 is 5.32 Å². The Morgan fingerprint density at radius 3 is 2.25 bits per heavy atom. The number of hydrogen-bond donors (Lipinski definition) is 2. The first kappa shape index (κ1) is 17.7. The molecule has 2 rings (SSSR count). The molecule has 0 atom stereocenters. The molecule has 0 aliphatic heterocycles. The zero-order chi connectivity index (χ0) is 17.2. The number of amides is 1. The maximum atomic E-state index is 11.7. The van der Waals surface area contributed by atoms with Gasteiger partial charge in [0.15, 0.2) is 0 Å². The van der Waals surface area contributed by atoms with Crippen molar-refractivity contribution in [3.05, 3.63) is 71.3 Å². The van der Waals surface area contributed by atoms with E-state index in [0.29, 0.717) is 19.6 Å². The number of carbonyl (C=O) groups is 2. The quantitative estimate of drug-likeness (QED) is 0.693. The van der Waals surface area contributed by atoms with Gasteiger partial charge in [-0.3, -0.25) is 4.79 Å². The standard InChI is InChI=1S/C19H21NO4/c21-18(14-24-13-11-15-4-2-1-3-5-15)20-12-10-16-6-8-17(9-7-16)19(22)23/h1-9H,10-14H2,(H,20,21)(H,22,23). The summed E-state index contributed by atoms with van der Waals surface area (Å²) < 4.78 is 5.37. The lowest BCUT2D eigenvalue weighted by atomic mass is 10.1. The van der Waals surface area contributed by atoms with E-state index in [1.54, 1.807) is 24.3 Å². The van der Waals surface area contributed by atoms with Crippen molar-refractivity contribution in [2.75, 3.05) is 19.8 Å². The average molecular weight is 327 g/mol. The monoisotopic (exact) mass is 327 g/mol. The van der Waals surface area contributed by atoms with Crippen molar-refractivity contribution in [1.82, 2.24) is 5.32 Å². The Kier molecular flexibility index (Phi) is 6.98. The van der Waals surface area contributed by atoms with E-state index in [4.69, 9.17) is 9.84 Å². The SMILES string of the molecule is O=C(COCCc1ccccc1)NCCc1ccc(C(=O)O)cc1. The lowest BCUT2D eigenvalue weighted by molar-refractivity contribution is -0.125. The lowest BCUT2D eigenvalue weighted by Gasteiger charge is -2.07. The molecule has 0 unspecified atom stereocenters. The van der Waals surface area contributed by atoms with Crippen molar-refractivity contribution in [2.45, 2.75) is 12.8 Å². The summed E-state index contributed by atoms with van der Waals surface area (Å²) in [4.78, 5) is 22.4. The van der Waals surface area contributed by atoms with Gasteiger partial charge in [0.05, 0.1) is 12.2 Å². The van der Waals surface area contributed by atoms with Gasteiger partial charge in [0, 0.05) is 6.54 Å². The Bertz CT molecular complexity index is 653. The normalized spacial score (nSPS) is 10.3. The van der Waals surface area contributed by atoms with Crippen molar-refractivity contribution < 1.29 is 19.4 Å². The maximum absolute atomic E-state index is 11.7. The number of ether oxygens (including phenoxy) is 1. The van der Waals surface area contributed by atoms with Crippen LogP contribution in [0.5, 0.6) is 0 Å². The molecule has 5 nitrogen and oxygen atoms in total. The fraction of sp³-hybridized carbons (Fsp3) is 0.263. The molecule has 0 aliphatic rings. The molecule has 0 fully saturated rings. The second kappa shape index (κ2) is 9.47. The Balaban J connectivity index is 1.58. The first-order valence-electron chi connectivity index (χ1n) is 7.86. The second-order valence-corrected chi connectivity index (χ2v) is 5.39. The number of rotatable bonds is 9. The summed E-state index contributed by atoms with van der Waals surface area (Å²) >= 11 is 0. The van der Waals surface area contributed by atoms with E-state index in [-0.39, 0.29) is 18.1 Å². The minimum atomic E-state index is -0.942. The smallest absolute Gasteiger partial charge is 0.335 e. The van der Waals surface area contributed by atoms with Crippen molar-refractivity contribution in [2.24, 2.45) is 0 Å². The van der Waals surface area contributed by atoms with Crippen molar-refractivity contribution in [1.29, 1.82) is 0 Å². The van der Waals surface area contributed by atoms with Crippen molar-refractivity contribution in [3.63, 3.8) is 0 Å². The van der Waals surface area contributed by atoms with E-state index in [1.807, 2.05) is 30.3 Å². The summed E-state index contributed by atoms with van der Waals surface area (Å²) in [5.74, 6) is -1.09. The van der Waals surface area contributed by atoms with Gasteiger partial charge >= 0.3 is 5.97 Å². The van der Waals surface area contributed by atoms with Gasteiger partial charge in [-0.05, 0) is 36.1 Å². The number of benzene rings is 2. The predicted molar refractivity (Wildman–Crippen MR) is 91.1 cm³/mol. The summed E-state index contributed by atoms with van der Waals surface area (Å²) in [7, 11) is 0. The predicted octanol–water partition coefficient (Wildman–Crippen LogP) is 2.30. The molecule has 0 saturated heterocycles. The third-order valence-electron chi connectivity index (χ3n) is 3.55. The summed E-state index contributed by atoms with van der Waals surface area (Å²) in [5, 5.41) is 11.6. The van der Waals surface area contributed by atoms with Gasteiger partial charge in [-0.15, -0.1) is 0 Å². The van der Waals surface area contributed by atoms with Crippen molar-refractivity contribution in [3.8, 4) is 0 Å². The van der Waals surface area contributed by atoms with Gasteiger partial charge in [0.1, 0.15) is 6.61 Å². The van der Waals surface area contributed by atoms with E-state index in [2.05, 4.69) is 5.32 Å². The van der Waals surface area contributed by atoms with Gasteiger partial charge in [-0.25, -0.2) is 4.79 Å². The summed E-state index contributed by atoms with van der Waals surface area (Å²) in [6.07, 6.45) is 1.43. The van der Waals surface area contributed by atoms with Gasteiger partial charge in [0.25, 0.3) is 0 Å². The summed E-state index contributed by atoms with van der Waals surface area (Å²) in [5.41, 5.74) is 2.42. The van der Waals surface area contributed by atoms with Crippen LogP contribution in [0.1, 0.15) is 21.5 Å². The van der Waals surface area contributed by atoms with Gasteiger partial charge in [0.2, 0.25) is 5.91 Å².